The number of para-hydroxylation sites is 1. The van der Waals surface area contributed by atoms with Crippen molar-refractivity contribution in [1.82, 2.24) is 44.8 Å². The van der Waals surface area contributed by atoms with Crippen molar-refractivity contribution in [3.05, 3.63) is 83.3 Å². The fraction of sp³-hybridized carbons (Fsp3) is 0.333. The SMILES string of the molecule is C=C/C(F)=c1/c(C(=O)C(=O)N2CCN(c3nnnn3-c3ccccc3)CC2)c[nH]/c1=C(/N)c1ccn(CCN2CCOCC2)n1. The second-order valence-electron chi connectivity index (χ2n) is 10.7. The van der Waals surface area contributed by atoms with Gasteiger partial charge < -0.3 is 25.3 Å². The molecule has 0 saturated carbocycles. The molecule has 15 heteroatoms. The van der Waals surface area contributed by atoms with Crippen LogP contribution >= 0.6 is 0 Å². The van der Waals surface area contributed by atoms with E-state index < -0.39 is 17.5 Å². The maximum absolute atomic E-state index is 15.2. The number of aromatic amines is 1. The van der Waals surface area contributed by atoms with Crippen LogP contribution in [0.25, 0.3) is 17.2 Å². The third kappa shape index (κ3) is 6.25. The molecular formula is C30H34FN11O3. The van der Waals surface area contributed by atoms with Crippen LogP contribution in [-0.4, -0.2) is 115 Å². The number of aromatic nitrogens is 7. The zero-order valence-electron chi connectivity index (χ0n) is 24.7. The summed E-state index contributed by atoms with van der Waals surface area (Å²) >= 11 is 0. The number of allylic oxidation sites excluding steroid dienone is 1. The van der Waals surface area contributed by atoms with Crippen molar-refractivity contribution in [3.8, 4) is 5.69 Å². The molecule has 0 spiro atoms. The van der Waals surface area contributed by atoms with Gasteiger partial charge >= 0.3 is 0 Å². The van der Waals surface area contributed by atoms with Crippen molar-refractivity contribution in [1.29, 1.82) is 0 Å². The van der Waals surface area contributed by atoms with Gasteiger partial charge in [-0.15, -0.1) is 0 Å². The van der Waals surface area contributed by atoms with E-state index in [-0.39, 0.29) is 34.9 Å². The lowest BCUT2D eigenvalue weighted by atomic mass is 10.1. The summed E-state index contributed by atoms with van der Waals surface area (Å²) in [5, 5.41) is 16.6. The number of ether oxygens (including phenoxy) is 1. The summed E-state index contributed by atoms with van der Waals surface area (Å²) in [6.45, 7) is 9.43. The Bertz CT molecular complexity index is 1800. The molecule has 234 valence electrons. The number of amides is 1. The molecule has 2 aliphatic heterocycles. The zero-order chi connectivity index (χ0) is 31.3. The number of piperazine rings is 1. The normalized spacial score (nSPS) is 17.3. The maximum Gasteiger partial charge on any atom is 0.295 e. The molecule has 2 fully saturated rings. The summed E-state index contributed by atoms with van der Waals surface area (Å²) in [4.78, 5) is 35.4. The lowest BCUT2D eigenvalue weighted by molar-refractivity contribution is -0.126. The van der Waals surface area contributed by atoms with Crippen LogP contribution in [0.3, 0.4) is 0 Å². The van der Waals surface area contributed by atoms with Gasteiger partial charge in [0.15, 0.2) is 0 Å². The van der Waals surface area contributed by atoms with Crippen molar-refractivity contribution in [2.24, 2.45) is 5.73 Å². The van der Waals surface area contributed by atoms with Gasteiger partial charge in [0.25, 0.3) is 11.7 Å². The van der Waals surface area contributed by atoms with Gasteiger partial charge in [-0.1, -0.05) is 29.9 Å². The molecule has 45 heavy (non-hydrogen) atoms. The van der Waals surface area contributed by atoms with Crippen LogP contribution in [-0.2, 0) is 16.1 Å². The predicted molar refractivity (Wildman–Crippen MR) is 163 cm³/mol. The summed E-state index contributed by atoms with van der Waals surface area (Å²) in [6.07, 6.45) is 4.09. The molecule has 1 aromatic carbocycles. The molecule has 2 saturated heterocycles. The van der Waals surface area contributed by atoms with E-state index in [9.17, 15) is 9.59 Å². The van der Waals surface area contributed by atoms with E-state index in [2.05, 4.69) is 37.1 Å². The van der Waals surface area contributed by atoms with E-state index in [1.54, 1.807) is 21.6 Å². The summed E-state index contributed by atoms with van der Waals surface area (Å²) in [7, 11) is 0. The Morgan fingerprint density at radius 2 is 1.80 bits per heavy atom. The van der Waals surface area contributed by atoms with Crippen LogP contribution in [0.4, 0.5) is 10.3 Å². The molecule has 2 aliphatic rings. The molecule has 3 aromatic heterocycles. The van der Waals surface area contributed by atoms with Gasteiger partial charge in [-0.05, 0) is 34.7 Å². The molecule has 1 amide bonds. The van der Waals surface area contributed by atoms with E-state index in [0.717, 1.165) is 31.4 Å². The van der Waals surface area contributed by atoms with E-state index in [4.69, 9.17) is 10.5 Å². The maximum atomic E-state index is 15.2. The minimum atomic E-state index is -0.851. The lowest BCUT2D eigenvalue weighted by Gasteiger charge is -2.34. The fourth-order valence-electron chi connectivity index (χ4n) is 5.48. The monoisotopic (exact) mass is 615 g/mol. The number of nitrogens with zero attached hydrogens (tertiary/aromatic N) is 9. The molecule has 0 aliphatic carbocycles. The van der Waals surface area contributed by atoms with Gasteiger partial charge in [-0.3, -0.25) is 19.2 Å². The molecule has 3 N–H and O–H groups in total. The van der Waals surface area contributed by atoms with Crippen LogP contribution in [0, 0.1) is 0 Å². The third-order valence-corrected chi connectivity index (χ3v) is 7.98. The standard InChI is InChI=1S/C30H34FN11O3/c1-2-23(31)25-22(20-33-27(25)26(32)24-8-9-41(35-24)15-10-38-16-18-45-19-17-38)28(43)29(44)39-11-13-40(14-12-39)30-34-36-37-42(30)21-6-4-3-5-7-21/h2-9,20,33H,1,10-19,32H2/b25-23+,27-26+. The number of anilines is 1. The van der Waals surface area contributed by atoms with Gasteiger partial charge in [0, 0.05) is 63.4 Å². The predicted octanol–water partition coefficient (Wildman–Crippen LogP) is -0.570. The van der Waals surface area contributed by atoms with Gasteiger partial charge in [-0.25, -0.2) is 4.39 Å². The first-order chi connectivity index (χ1) is 21.9. The minimum Gasteiger partial charge on any atom is -0.395 e. The third-order valence-electron chi connectivity index (χ3n) is 7.98. The topological polar surface area (TPSA) is 156 Å². The van der Waals surface area contributed by atoms with E-state index in [1.807, 2.05) is 35.2 Å². The number of H-pyrrole nitrogens is 1. The molecule has 0 unspecified atom stereocenters. The largest absolute Gasteiger partial charge is 0.395 e. The number of hydrogen-bond donors (Lipinski definition) is 2. The van der Waals surface area contributed by atoms with Crippen molar-refractivity contribution in [3.63, 3.8) is 0 Å². The highest BCUT2D eigenvalue weighted by Crippen LogP contribution is 2.17. The fourth-order valence-corrected chi connectivity index (χ4v) is 5.48. The highest BCUT2D eigenvalue weighted by atomic mass is 19.1. The Balaban J connectivity index is 1.18. The first-order valence-corrected chi connectivity index (χ1v) is 14.7. The number of benzene rings is 1. The zero-order valence-corrected chi connectivity index (χ0v) is 24.7. The van der Waals surface area contributed by atoms with E-state index in [0.29, 0.717) is 44.5 Å². The van der Waals surface area contributed by atoms with Crippen molar-refractivity contribution < 1.29 is 18.7 Å². The van der Waals surface area contributed by atoms with Gasteiger partial charge in [-0.2, -0.15) is 9.78 Å². The smallest absolute Gasteiger partial charge is 0.295 e. The Morgan fingerprint density at radius 3 is 2.53 bits per heavy atom. The highest BCUT2D eigenvalue weighted by Gasteiger charge is 2.30. The first-order valence-electron chi connectivity index (χ1n) is 14.7. The number of nitrogens with two attached hydrogens (primary N) is 1. The number of ketones is 1. The van der Waals surface area contributed by atoms with Gasteiger partial charge in [0.05, 0.1) is 42.1 Å². The number of carbonyl (C=O) groups excluding carboxylic acids is 2. The van der Waals surface area contributed by atoms with Crippen molar-refractivity contribution in [2.75, 3.05) is 63.9 Å². The number of carbonyl (C=O) groups is 2. The first kappa shape index (κ1) is 29.9. The Labute approximate surface area is 257 Å². The van der Waals surface area contributed by atoms with E-state index in [1.165, 1.54) is 11.1 Å². The Hall–Kier alpha value is -5.15. The molecule has 6 rings (SSSR count). The lowest BCUT2D eigenvalue weighted by Crippen LogP contribution is -2.51. The van der Waals surface area contributed by atoms with Crippen LogP contribution in [0.5, 0.6) is 0 Å². The molecule has 0 bridgehead atoms. The average Bonchev–Trinajstić information content (AvgIpc) is 3.87. The average molecular weight is 616 g/mol. The number of halogens is 1. The molecule has 14 nitrogen and oxygen atoms in total. The van der Waals surface area contributed by atoms with Crippen LogP contribution in [0.2, 0.25) is 0 Å². The minimum absolute atomic E-state index is 0.121. The summed E-state index contributed by atoms with van der Waals surface area (Å²) < 4.78 is 24.0. The van der Waals surface area contributed by atoms with Crippen molar-refractivity contribution in [2.45, 2.75) is 6.54 Å². The molecule has 0 radical (unpaired) electrons. The Kier molecular flexibility index (Phi) is 8.79. The number of Topliss-reactive ketones (excluding diaryl/α,β-unsaturated/α-hetero) is 1. The Morgan fingerprint density at radius 1 is 1.04 bits per heavy atom. The second kappa shape index (κ2) is 13.2. The van der Waals surface area contributed by atoms with Gasteiger partial charge in [0.1, 0.15) is 11.5 Å². The number of hydrogen-bond acceptors (Lipinski definition) is 10. The quantitative estimate of drug-likeness (QED) is 0.185. The van der Waals surface area contributed by atoms with Gasteiger partial charge in [0.2, 0.25) is 5.95 Å². The summed E-state index contributed by atoms with van der Waals surface area (Å²) in [5.41, 5.74) is 7.68. The summed E-state index contributed by atoms with van der Waals surface area (Å²) in [5.74, 6) is -1.84. The molecule has 4 aromatic rings. The number of rotatable bonds is 9. The molecule has 5 heterocycles. The number of tetrazole rings is 1. The van der Waals surface area contributed by atoms with Crippen LogP contribution < -0.4 is 21.2 Å². The number of morpholine rings is 1. The highest BCUT2D eigenvalue weighted by molar-refractivity contribution is 6.42. The van der Waals surface area contributed by atoms with Crippen LogP contribution in [0.1, 0.15) is 16.1 Å². The second-order valence-corrected chi connectivity index (χ2v) is 10.7. The van der Waals surface area contributed by atoms with Crippen molar-refractivity contribution >= 4 is 29.2 Å². The van der Waals surface area contributed by atoms with Crippen LogP contribution in [0.15, 0.2) is 61.4 Å². The van der Waals surface area contributed by atoms with E-state index >= 15 is 4.39 Å². The molecular weight excluding hydrogens is 581 g/mol. The number of nitrogens with one attached hydrogen (secondary N) is 1. The summed E-state index contributed by atoms with van der Waals surface area (Å²) in [6, 6.07) is 11.2. The molecule has 0 atom stereocenters.